The molecule has 2 N–H and O–H groups in total. The fourth-order valence-electron chi connectivity index (χ4n) is 5.14. The lowest BCUT2D eigenvalue weighted by atomic mass is 10.1. The first-order valence-electron chi connectivity index (χ1n) is 19.4. The van der Waals surface area contributed by atoms with Gasteiger partial charge in [0.1, 0.15) is 6.61 Å². The highest BCUT2D eigenvalue weighted by Crippen LogP contribution is 2.36. The molecule has 0 aromatic heterocycles. The van der Waals surface area contributed by atoms with Gasteiger partial charge in [-0.15, -0.1) is 0 Å². The summed E-state index contributed by atoms with van der Waals surface area (Å²) in [5, 5.41) is 0. The number of allylic oxidation sites excluding steroid dienone is 8. The normalized spacial score (nSPS) is 13.0. The van der Waals surface area contributed by atoms with Crippen molar-refractivity contribution in [3.8, 4) is 0 Å². The predicted molar refractivity (Wildman–Crippen MR) is 202 cm³/mol. The molecule has 0 fully saturated rings. The minimum atomic E-state index is -4.76. The first-order chi connectivity index (χ1) is 23.8. The molecule has 0 aliphatic heterocycles. The number of hydrogen-bond acceptors (Lipinski definition) is 6. The van der Waals surface area contributed by atoms with Crippen molar-refractivity contribution in [2.24, 2.45) is 0 Å². The number of phosphoric ester groups is 1. The van der Waals surface area contributed by atoms with Crippen LogP contribution in [0.3, 0.4) is 0 Å². The van der Waals surface area contributed by atoms with E-state index < -0.39 is 32.5 Å². The maximum atomic E-state index is 12.3. The summed E-state index contributed by atoms with van der Waals surface area (Å²) in [7, 11) is -4.76. The van der Waals surface area contributed by atoms with Crippen LogP contribution in [-0.4, -0.2) is 41.0 Å². The van der Waals surface area contributed by atoms with Crippen LogP contribution in [0.15, 0.2) is 48.6 Å². The Hall–Kier alpha value is -1.99. The van der Waals surface area contributed by atoms with Crippen LogP contribution in [0.2, 0.25) is 0 Å². The summed E-state index contributed by atoms with van der Waals surface area (Å²) in [5.74, 6) is -0.941. The molecule has 0 aliphatic carbocycles. The lowest BCUT2D eigenvalue weighted by Crippen LogP contribution is -2.29. The number of esters is 2. The SMILES string of the molecule is CCCCC/C=C\C/C=C\C/C=C\CCCCC(=O)O[C@H](COC(=O)CCCCCCC/C=C\CCCCCCCCC)COP(=O)(O)O. The summed E-state index contributed by atoms with van der Waals surface area (Å²) >= 11 is 0. The smallest absolute Gasteiger partial charge is 0.462 e. The van der Waals surface area contributed by atoms with Gasteiger partial charge in [-0.2, -0.15) is 0 Å². The Balaban J connectivity index is 4.04. The number of rotatable bonds is 35. The van der Waals surface area contributed by atoms with Gasteiger partial charge in [0.05, 0.1) is 6.61 Å². The molecule has 0 amide bonds. The number of phosphoric acid groups is 1. The molecule has 0 aromatic carbocycles. The van der Waals surface area contributed by atoms with Crippen LogP contribution in [-0.2, 0) is 28.2 Å². The van der Waals surface area contributed by atoms with Gasteiger partial charge >= 0.3 is 19.8 Å². The summed E-state index contributed by atoms with van der Waals surface area (Å²) in [4.78, 5) is 42.7. The highest BCUT2D eigenvalue weighted by molar-refractivity contribution is 7.46. The van der Waals surface area contributed by atoms with Crippen LogP contribution in [0.1, 0.15) is 174 Å². The highest BCUT2D eigenvalue weighted by atomic mass is 31.2. The largest absolute Gasteiger partial charge is 0.469 e. The van der Waals surface area contributed by atoms with Crippen LogP contribution in [0.5, 0.6) is 0 Å². The average Bonchev–Trinajstić information content (AvgIpc) is 3.07. The van der Waals surface area contributed by atoms with E-state index >= 15 is 0 Å². The summed E-state index contributed by atoms with van der Waals surface area (Å²) in [5.41, 5.74) is 0. The second-order valence-electron chi connectivity index (χ2n) is 12.9. The summed E-state index contributed by atoms with van der Waals surface area (Å²) in [6.45, 7) is 3.60. The van der Waals surface area contributed by atoms with E-state index in [1.807, 2.05) is 0 Å². The van der Waals surface area contributed by atoms with Crippen LogP contribution in [0, 0.1) is 0 Å². The molecule has 8 nitrogen and oxygen atoms in total. The van der Waals surface area contributed by atoms with Crippen molar-refractivity contribution in [2.75, 3.05) is 13.2 Å². The van der Waals surface area contributed by atoms with E-state index in [4.69, 9.17) is 19.3 Å². The third-order valence-electron chi connectivity index (χ3n) is 8.07. The standard InChI is InChI=1S/C40H71O8P/c1-3-5-7-9-11-13-15-17-19-21-22-24-26-28-30-32-34-39(41)46-36-38(37-47-49(43,44)45)48-40(42)35-33-31-29-27-25-23-20-18-16-14-12-10-8-6-4-2/h12,14,18-21,25,27,38H,3-11,13,15-17,22-24,26,28-37H2,1-2H3,(H2,43,44,45)/b14-12-,20-18-,21-19-,27-25-/t38-/m1/s1. The molecular formula is C40H71O8P. The van der Waals surface area contributed by atoms with E-state index in [1.54, 1.807) is 0 Å². The fraction of sp³-hybridized carbons (Fsp3) is 0.750. The van der Waals surface area contributed by atoms with E-state index in [1.165, 1.54) is 70.6 Å². The molecule has 0 saturated heterocycles. The predicted octanol–water partition coefficient (Wildman–Crippen LogP) is 11.6. The van der Waals surface area contributed by atoms with Gasteiger partial charge in [0, 0.05) is 12.8 Å². The number of unbranched alkanes of at least 4 members (excludes halogenated alkanes) is 17. The molecule has 9 heteroatoms. The first-order valence-corrected chi connectivity index (χ1v) is 21.0. The maximum absolute atomic E-state index is 12.3. The van der Waals surface area contributed by atoms with E-state index in [9.17, 15) is 14.2 Å². The summed E-state index contributed by atoms with van der Waals surface area (Å²) < 4.78 is 26.3. The van der Waals surface area contributed by atoms with Crippen molar-refractivity contribution in [2.45, 2.75) is 180 Å². The van der Waals surface area contributed by atoms with E-state index in [2.05, 4.69) is 67.0 Å². The topological polar surface area (TPSA) is 119 Å². The lowest BCUT2D eigenvalue weighted by molar-refractivity contribution is -0.161. The van der Waals surface area contributed by atoms with E-state index in [0.29, 0.717) is 12.8 Å². The minimum Gasteiger partial charge on any atom is -0.462 e. The molecule has 1 atom stereocenters. The molecule has 0 aromatic rings. The van der Waals surface area contributed by atoms with Gasteiger partial charge in [-0.05, 0) is 77.0 Å². The van der Waals surface area contributed by atoms with Crippen LogP contribution in [0.25, 0.3) is 0 Å². The zero-order valence-corrected chi connectivity index (χ0v) is 32.0. The zero-order valence-electron chi connectivity index (χ0n) is 31.1. The molecule has 284 valence electrons. The van der Waals surface area contributed by atoms with Crippen molar-refractivity contribution < 1.29 is 37.9 Å². The van der Waals surface area contributed by atoms with Gasteiger partial charge in [0.2, 0.25) is 0 Å². The molecule has 0 radical (unpaired) electrons. The zero-order chi connectivity index (χ0) is 36.1. The first kappa shape index (κ1) is 47.0. The number of carbonyl (C=O) groups is 2. The Labute approximate surface area is 299 Å². The molecule has 0 unspecified atom stereocenters. The van der Waals surface area contributed by atoms with Gasteiger partial charge in [-0.1, -0.05) is 133 Å². The van der Waals surface area contributed by atoms with Crippen LogP contribution in [0.4, 0.5) is 0 Å². The van der Waals surface area contributed by atoms with Gasteiger partial charge in [0.25, 0.3) is 0 Å². The molecular weight excluding hydrogens is 639 g/mol. The van der Waals surface area contributed by atoms with Crippen molar-refractivity contribution in [3.05, 3.63) is 48.6 Å². The van der Waals surface area contributed by atoms with Gasteiger partial charge in [-0.25, -0.2) is 4.57 Å². The Morgan fingerprint density at radius 1 is 0.531 bits per heavy atom. The van der Waals surface area contributed by atoms with Crippen molar-refractivity contribution >= 4 is 19.8 Å². The van der Waals surface area contributed by atoms with Crippen LogP contribution < -0.4 is 0 Å². The Kier molecular flexibility index (Phi) is 34.4. The Morgan fingerprint density at radius 2 is 0.918 bits per heavy atom. The van der Waals surface area contributed by atoms with Crippen molar-refractivity contribution in [1.82, 2.24) is 0 Å². The third-order valence-corrected chi connectivity index (χ3v) is 8.56. The minimum absolute atomic E-state index is 0.160. The number of hydrogen-bond donors (Lipinski definition) is 2. The molecule has 49 heavy (non-hydrogen) atoms. The summed E-state index contributed by atoms with van der Waals surface area (Å²) in [6, 6.07) is 0. The molecule has 0 rings (SSSR count). The summed E-state index contributed by atoms with van der Waals surface area (Å²) in [6.07, 6.45) is 42.6. The van der Waals surface area contributed by atoms with Gasteiger partial charge in [0.15, 0.2) is 6.10 Å². The molecule has 0 aliphatic rings. The molecule has 0 spiro atoms. The Bertz CT molecular complexity index is 937. The molecule has 0 heterocycles. The second-order valence-corrected chi connectivity index (χ2v) is 14.1. The van der Waals surface area contributed by atoms with Gasteiger partial charge in [-0.3, -0.25) is 14.1 Å². The second kappa shape index (κ2) is 35.8. The maximum Gasteiger partial charge on any atom is 0.469 e. The van der Waals surface area contributed by atoms with Gasteiger partial charge < -0.3 is 19.3 Å². The third kappa shape index (κ3) is 38.7. The number of carbonyl (C=O) groups excluding carboxylic acids is 2. The van der Waals surface area contributed by atoms with Crippen molar-refractivity contribution in [1.29, 1.82) is 0 Å². The Morgan fingerprint density at radius 3 is 1.47 bits per heavy atom. The van der Waals surface area contributed by atoms with Crippen molar-refractivity contribution in [3.63, 3.8) is 0 Å². The van der Waals surface area contributed by atoms with E-state index in [-0.39, 0.29) is 19.4 Å². The molecule has 0 saturated carbocycles. The fourth-order valence-corrected chi connectivity index (χ4v) is 5.50. The quantitative estimate of drug-likeness (QED) is 0.0289. The van der Waals surface area contributed by atoms with Crippen LogP contribution >= 0.6 is 7.82 Å². The highest BCUT2D eigenvalue weighted by Gasteiger charge is 2.22. The molecule has 0 bridgehead atoms. The average molecular weight is 711 g/mol. The lowest BCUT2D eigenvalue weighted by Gasteiger charge is -2.18. The monoisotopic (exact) mass is 710 g/mol. The number of ether oxygens (including phenoxy) is 2. The van der Waals surface area contributed by atoms with E-state index in [0.717, 1.165) is 64.2 Å².